The molecular formula is C10H19N3S. The molecule has 0 radical (unpaired) electrons. The topological polar surface area (TPSA) is 18.8 Å². The summed E-state index contributed by atoms with van der Waals surface area (Å²) in [4.78, 5) is 9.23. The number of nitrogens with zero attached hydrogens (tertiary/aromatic N) is 3. The Balaban J connectivity index is 1.89. The van der Waals surface area contributed by atoms with Gasteiger partial charge >= 0.3 is 0 Å². The Labute approximate surface area is 90.6 Å². The van der Waals surface area contributed by atoms with Crippen LogP contribution < -0.4 is 0 Å². The van der Waals surface area contributed by atoms with E-state index in [0.29, 0.717) is 0 Å². The average Bonchev–Trinajstić information content (AvgIpc) is 2.76. The van der Waals surface area contributed by atoms with Crippen LogP contribution in [0.25, 0.3) is 0 Å². The van der Waals surface area contributed by atoms with Gasteiger partial charge in [0.25, 0.3) is 0 Å². The van der Waals surface area contributed by atoms with E-state index >= 15 is 0 Å². The minimum absolute atomic E-state index is 0.829. The van der Waals surface area contributed by atoms with E-state index < -0.39 is 0 Å². The summed E-state index contributed by atoms with van der Waals surface area (Å²) in [6.45, 7) is 3.26. The van der Waals surface area contributed by atoms with Crippen LogP contribution in [0.1, 0.15) is 6.42 Å². The number of hydrogen-bond donors (Lipinski definition) is 0. The van der Waals surface area contributed by atoms with Gasteiger partial charge in [0.15, 0.2) is 5.96 Å². The number of hydrogen-bond acceptors (Lipinski definition) is 2. The molecule has 1 atom stereocenters. The molecule has 0 aromatic carbocycles. The molecule has 4 heteroatoms. The summed E-state index contributed by atoms with van der Waals surface area (Å²) in [6, 6.07) is 0. The van der Waals surface area contributed by atoms with E-state index in [2.05, 4.69) is 35.7 Å². The second kappa shape index (κ2) is 4.43. The highest BCUT2D eigenvalue weighted by Gasteiger charge is 2.21. The van der Waals surface area contributed by atoms with Gasteiger partial charge in [0.1, 0.15) is 0 Å². The third kappa shape index (κ3) is 2.16. The lowest BCUT2D eigenvalue weighted by Crippen LogP contribution is -2.29. The van der Waals surface area contributed by atoms with Gasteiger partial charge in [-0.3, -0.25) is 4.99 Å². The summed E-state index contributed by atoms with van der Waals surface area (Å²) >= 11 is 2.07. The summed E-state index contributed by atoms with van der Waals surface area (Å²) < 4.78 is 0. The Bertz CT molecular complexity index is 211. The Morgan fingerprint density at radius 2 is 2.07 bits per heavy atom. The van der Waals surface area contributed by atoms with E-state index in [-0.39, 0.29) is 0 Å². The fourth-order valence-electron chi connectivity index (χ4n) is 1.97. The lowest BCUT2D eigenvalue weighted by Gasteiger charge is -2.16. The van der Waals surface area contributed by atoms with E-state index in [0.717, 1.165) is 25.6 Å². The Morgan fingerprint density at radius 3 is 2.64 bits per heavy atom. The van der Waals surface area contributed by atoms with Gasteiger partial charge < -0.3 is 9.80 Å². The highest BCUT2D eigenvalue weighted by molar-refractivity contribution is 7.99. The minimum Gasteiger partial charge on any atom is -0.344 e. The smallest absolute Gasteiger partial charge is 0.196 e. The molecule has 80 valence electrons. The van der Waals surface area contributed by atoms with E-state index in [1.165, 1.54) is 23.9 Å². The third-order valence-electron chi connectivity index (χ3n) is 2.97. The van der Waals surface area contributed by atoms with Gasteiger partial charge in [-0.05, 0) is 23.8 Å². The van der Waals surface area contributed by atoms with Gasteiger partial charge in [0.05, 0.1) is 0 Å². The van der Waals surface area contributed by atoms with E-state index in [9.17, 15) is 0 Å². The first-order valence-corrected chi connectivity index (χ1v) is 6.47. The lowest BCUT2D eigenvalue weighted by molar-refractivity contribution is 0.549. The fourth-order valence-corrected chi connectivity index (χ4v) is 3.24. The largest absolute Gasteiger partial charge is 0.344 e. The van der Waals surface area contributed by atoms with Gasteiger partial charge in [-0.15, -0.1) is 0 Å². The molecule has 1 unspecified atom stereocenters. The van der Waals surface area contributed by atoms with Crippen LogP contribution in [-0.4, -0.2) is 61.0 Å². The molecule has 0 aromatic heterocycles. The van der Waals surface area contributed by atoms with Gasteiger partial charge in [-0.2, -0.15) is 11.8 Å². The Kier molecular flexibility index (Phi) is 3.21. The van der Waals surface area contributed by atoms with Gasteiger partial charge in [-0.1, -0.05) is 0 Å². The molecule has 2 fully saturated rings. The first-order valence-electron chi connectivity index (χ1n) is 5.32. The maximum atomic E-state index is 4.72. The van der Waals surface area contributed by atoms with Crippen molar-refractivity contribution in [2.45, 2.75) is 6.42 Å². The van der Waals surface area contributed by atoms with Crippen molar-refractivity contribution < 1.29 is 0 Å². The van der Waals surface area contributed by atoms with Crippen LogP contribution in [0.3, 0.4) is 0 Å². The molecule has 0 amide bonds. The number of guanidine groups is 1. The number of rotatable bonds is 2. The molecule has 14 heavy (non-hydrogen) atoms. The molecule has 2 saturated heterocycles. The zero-order valence-corrected chi connectivity index (χ0v) is 9.89. The van der Waals surface area contributed by atoms with Crippen LogP contribution in [0, 0.1) is 5.92 Å². The zero-order valence-electron chi connectivity index (χ0n) is 9.07. The molecule has 3 nitrogen and oxygen atoms in total. The van der Waals surface area contributed by atoms with Crippen LogP contribution in [0.2, 0.25) is 0 Å². The van der Waals surface area contributed by atoms with Crippen molar-refractivity contribution in [3.05, 3.63) is 0 Å². The molecule has 2 rings (SSSR count). The summed E-state index contributed by atoms with van der Waals surface area (Å²) in [5.41, 5.74) is 0. The van der Waals surface area contributed by atoms with Crippen LogP contribution in [0.5, 0.6) is 0 Å². The van der Waals surface area contributed by atoms with Crippen molar-refractivity contribution in [3.8, 4) is 0 Å². The SMILES string of the molecule is CN1CCN(C)C1=NCC1CCSC1. The second-order valence-corrected chi connectivity index (χ2v) is 5.36. The predicted octanol–water partition coefficient (Wildman–Crippen LogP) is 0.973. The average molecular weight is 213 g/mol. The standard InChI is InChI=1S/C10H19N3S/c1-12-4-5-13(2)10(12)11-7-9-3-6-14-8-9/h9H,3-8H2,1-2H3. The normalized spacial score (nSPS) is 27.6. The predicted molar refractivity (Wildman–Crippen MR) is 63.0 cm³/mol. The Hall–Kier alpha value is -0.380. The Morgan fingerprint density at radius 1 is 1.36 bits per heavy atom. The third-order valence-corrected chi connectivity index (χ3v) is 4.20. The van der Waals surface area contributed by atoms with Crippen molar-refractivity contribution in [1.29, 1.82) is 0 Å². The van der Waals surface area contributed by atoms with Crippen LogP contribution in [0.15, 0.2) is 4.99 Å². The van der Waals surface area contributed by atoms with Crippen molar-refractivity contribution in [2.75, 3.05) is 45.2 Å². The van der Waals surface area contributed by atoms with E-state index in [4.69, 9.17) is 4.99 Å². The molecule has 0 spiro atoms. The highest BCUT2D eigenvalue weighted by atomic mass is 32.2. The second-order valence-electron chi connectivity index (χ2n) is 4.21. The first-order chi connectivity index (χ1) is 6.77. The van der Waals surface area contributed by atoms with Crippen LogP contribution in [0.4, 0.5) is 0 Å². The van der Waals surface area contributed by atoms with E-state index in [1.807, 2.05) is 0 Å². The molecule has 0 saturated carbocycles. The fraction of sp³-hybridized carbons (Fsp3) is 0.900. The van der Waals surface area contributed by atoms with Gasteiger partial charge in [-0.25, -0.2) is 0 Å². The summed E-state index contributed by atoms with van der Waals surface area (Å²) in [5, 5.41) is 0. The van der Waals surface area contributed by atoms with Gasteiger partial charge in [0.2, 0.25) is 0 Å². The van der Waals surface area contributed by atoms with Crippen molar-refractivity contribution >= 4 is 17.7 Å². The van der Waals surface area contributed by atoms with Crippen LogP contribution in [-0.2, 0) is 0 Å². The minimum atomic E-state index is 0.829. The summed E-state index contributed by atoms with van der Waals surface area (Å²) in [7, 11) is 4.26. The molecule has 2 aliphatic heterocycles. The van der Waals surface area contributed by atoms with Crippen molar-refractivity contribution in [3.63, 3.8) is 0 Å². The molecule has 2 aliphatic rings. The van der Waals surface area contributed by atoms with Crippen molar-refractivity contribution in [2.24, 2.45) is 10.9 Å². The van der Waals surface area contributed by atoms with E-state index in [1.54, 1.807) is 0 Å². The molecule has 0 aliphatic carbocycles. The highest BCUT2D eigenvalue weighted by Crippen LogP contribution is 2.23. The molecule has 0 N–H and O–H groups in total. The maximum Gasteiger partial charge on any atom is 0.196 e. The monoisotopic (exact) mass is 213 g/mol. The summed E-state index contributed by atoms with van der Waals surface area (Å²) in [5.74, 6) is 4.66. The first kappa shape index (κ1) is 10.1. The number of thioether (sulfide) groups is 1. The molecule has 0 aromatic rings. The number of likely N-dealkylation sites (N-methyl/N-ethyl adjacent to an activating group) is 2. The lowest BCUT2D eigenvalue weighted by atomic mass is 10.1. The van der Waals surface area contributed by atoms with Crippen molar-refractivity contribution in [1.82, 2.24) is 9.80 Å². The zero-order chi connectivity index (χ0) is 9.97. The molecule has 0 bridgehead atoms. The quantitative estimate of drug-likeness (QED) is 0.681. The molecule has 2 heterocycles. The molecular weight excluding hydrogens is 194 g/mol. The number of aliphatic imine (C=N–C) groups is 1. The maximum absolute atomic E-state index is 4.72. The van der Waals surface area contributed by atoms with Crippen LogP contribution >= 0.6 is 11.8 Å². The van der Waals surface area contributed by atoms with Gasteiger partial charge in [0, 0.05) is 33.7 Å². The summed E-state index contributed by atoms with van der Waals surface area (Å²) in [6.07, 6.45) is 1.36.